The van der Waals surface area contributed by atoms with Gasteiger partial charge in [0.2, 0.25) is 0 Å². The zero-order chi connectivity index (χ0) is 30.5. The van der Waals surface area contributed by atoms with Crippen molar-refractivity contribution in [2.24, 2.45) is 4.99 Å². The van der Waals surface area contributed by atoms with Crippen molar-refractivity contribution in [3.63, 3.8) is 0 Å². The quantitative estimate of drug-likeness (QED) is 0.266. The normalized spacial score (nSPS) is 14.4. The molecule has 0 aliphatic carbocycles. The molecule has 1 atom stereocenters. The van der Waals surface area contributed by atoms with Gasteiger partial charge in [-0.15, -0.1) is 0 Å². The van der Waals surface area contributed by atoms with Gasteiger partial charge in [0.25, 0.3) is 5.56 Å². The number of nitriles is 1. The molecule has 0 N–H and O–H groups in total. The van der Waals surface area contributed by atoms with Gasteiger partial charge in [0.15, 0.2) is 4.80 Å². The van der Waals surface area contributed by atoms with E-state index in [2.05, 4.69) is 11.1 Å². The fourth-order valence-corrected chi connectivity index (χ4v) is 5.91. The summed E-state index contributed by atoms with van der Waals surface area (Å²) in [5.74, 6) is 1.12. The summed E-state index contributed by atoms with van der Waals surface area (Å²) in [7, 11) is 3.08. The molecule has 0 radical (unpaired) electrons. The largest absolute Gasteiger partial charge is 0.497 e. The summed E-state index contributed by atoms with van der Waals surface area (Å²) in [6.07, 6.45) is 1.78. The van der Waals surface area contributed by atoms with Crippen LogP contribution in [0.2, 0.25) is 0 Å². The van der Waals surface area contributed by atoms with Crippen LogP contribution in [0.1, 0.15) is 42.1 Å². The lowest BCUT2D eigenvalue weighted by molar-refractivity contribution is -0.139. The molecule has 0 bridgehead atoms. The molecule has 0 spiro atoms. The SMILES string of the molecule is CCOC(=O)C1=C(C)N=c2s/c(=C/c3ccc(OCc4ccccc4C#N)cc3)c(=O)n2[C@H]1c1cc(OC)ccc1OC. The maximum atomic E-state index is 14.0. The maximum absolute atomic E-state index is 14.0. The predicted octanol–water partition coefficient (Wildman–Crippen LogP) is 4.27. The van der Waals surface area contributed by atoms with Gasteiger partial charge < -0.3 is 18.9 Å². The summed E-state index contributed by atoms with van der Waals surface area (Å²) in [4.78, 5) is 32.3. The molecule has 218 valence electrons. The van der Waals surface area contributed by atoms with Gasteiger partial charge in [-0.1, -0.05) is 41.7 Å². The van der Waals surface area contributed by atoms with Gasteiger partial charge in [-0.3, -0.25) is 9.36 Å². The van der Waals surface area contributed by atoms with E-state index >= 15 is 0 Å². The minimum atomic E-state index is -0.838. The Morgan fingerprint density at radius 1 is 1.07 bits per heavy atom. The Balaban J connectivity index is 1.54. The fraction of sp³-hybridized carbons (Fsp3) is 0.212. The number of fused-ring (bicyclic) bond motifs is 1. The first-order chi connectivity index (χ1) is 20.9. The standard InChI is InChI=1S/C33H29N3O6S/c1-5-41-32(38)29-20(2)35-33-36(30(29)26-17-25(39-3)14-15-27(26)40-4)31(37)28(43-33)16-21-10-12-24(13-11-21)42-19-23-9-7-6-8-22(23)18-34/h6-17,30H,5,19H2,1-4H3/b28-16+/t30-/m0/s1. The molecule has 43 heavy (non-hydrogen) atoms. The number of hydrogen-bond donors (Lipinski definition) is 0. The van der Waals surface area contributed by atoms with Crippen molar-refractivity contribution in [3.8, 4) is 23.3 Å². The number of carbonyl (C=O) groups is 1. The lowest BCUT2D eigenvalue weighted by Gasteiger charge is -2.26. The van der Waals surface area contributed by atoms with Gasteiger partial charge in [0, 0.05) is 11.1 Å². The first-order valence-electron chi connectivity index (χ1n) is 13.5. The minimum Gasteiger partial charge on any atom is -0.497 e. The van der Waals surface area contributed by atoms with E-state index in [9.17, 15) is 14.9 Å². The molecule has 0 saturated carbocycles. The molecule has 1 aromatic heterocycles. The van der Waals surface area contributed by atoms with Crippen LogP contribution in [0, 0.1) is 11.3 Å². The second-order valence-corrected chi connectivity index (χ2v) is 10.5. The van der Waals surface area contributed by atoms with Crippen molar-refractivity contribution in [1.82, 2.24) is 4.57 Å². The second kappa shape index (κ2) is 12.8. The van der Waals surface area contributed by atoms with Crippen LogP contribution in [-0.4, -0.2) is 31.4 Å². The highest BCUT2D eigenvalue weighted by atomic mass is 32.1. The number of hydrogen-bond acceptors (Lipinski definition) is 9. The average molecular weight is 596 g/mol. The van der Waals surface area contributed by atoms with Crippen molar-refractivity contribution < 1.29 is 23.7 Å². The van der Waals surface area contributed by atoms with Gasteiger partial charge in [0.05, 0.1) is 48.3 Å². The highest BCUT2D eigenvalue weighted by Gasteiger charge is 2.35. The smallest absolute Gasteiger partial charge is 0.338 e. The van der Waals surface area contributed by atoms with Crippen LogP contribution in [0.15, 0.2) is 87.8 Å². The van der Waals surface area contributed by atoms with E-state index in [0.29, 0.717) is 43.4 Å². The Kier molecular flexibility index (Phi) is 8.74. The van der Waals surface area contributed by atoms with E-state index in [1.807, 2.05) is 42.5 Å². The lowest BCUT2D eigenvalue weighted by atomic mass is 9.94. The van der Waals surface area contributed by atoms with E-state index in [1.54, 1.807) is 51.3 Å². The van der Waals surface area contributed by atoms with Gasteiger partial charge in [-0.05, 0) is 61.9 Å². The molecular weight excluding hydrogens is 566 g/mol. The van der Waals surface area contributed by atoms with Gasteiger partial charge in [-0.2, -0.15) is 5.26 Å². The first-order valence-corrected chi connectivity index (χ1v) is 14.3. The fourth-order valence-electron chi connectivity index (χ4n) is 4.87. The van der Waals surface area contributed by atoms with E-state index in [-0.39, 0.29) is 24.3 Å². The molecule has 2 heterocycles. The molecule has 0 saturated heterocycles. The minimum absolute atomic E-state index is 0.173. The van der Waals surface area contributed by atoms with Gasteiger partial charge in [0.1, 0.15) is 29.9 Å². The van der Waals surface area contributed by atoms with E-state index in [1.165, 1.54) is 23.0 Å². The zero-order valence-electron chi connectivity index (χ0n) is 24.1. The van der Waals surface area contributed by atoms with Crippen molar-refractivity contribution in [1.29, 1.82) is 5.26 Å². The van der Waals surface area contributed by atoms with Crippen molar-refractivity contribution in [2.45, 2.75) is 26.5 Å². The molecule has 5 rings (SSSR count). The third kappa shape index (κ3) is 5.94. The summed E-state index contributed by atoms with van der Waals surface area (Å²) < 4.78 is 24.3. The van der Waals surface area contributed by atoms with Crippen LogP contribution >= 0.6 is 11.3 Å². The topological polar surface area (TPSA) is 112 Å². The van der Waals surface area contributed by atoms with Crippen LogP contribution in [0.25, 0.3) is 6.08 Å². The van der Waals surface area contributed by atoms with Crippen LogP contribution in [0.5, 0.6) is 17.2 Å². The van der Waals surface area contributed by atoms with Crippen molar-refractivity contribution in [2.75, 3.05) is 20.8 Å². The van der Waals surface area contributed by atoms with Crippen LogP contribution < -0.4 is 29.1 Å². The Hall–Kier alpha value is -5.14. The lowest BCUT2D eigenvalue weighted by Crippen LogP contribution is -2.40. The summed E-state index contributed by atoms with van der Waals surface area (Å²) in [5.41, 5.74) is 3.14. The number of esters is 1. The number of thiazole rings is 1. The highest BCUT2D eigenvalue weighted by Crippen LogP contribution is 2.37. The monoisotopic (exact) mass is 595 g/mol. The Bertz CT molecular complexity index is 1930. The van der Waals surface area contributed by atoms with Gasteiger partial charge >= 0.3 is 5.97 Å². The zero-order valence-corrected chi connectivity index (χ0v) is 24.9. The predicted molar refractivity (Wildman–Crippen MR) is 162 cm³/mol. The molecule has 9 nitrogen and oxygen atoms in total. The number of aromatic nitrogens is 1. The molecule has 1 aliphatic heterocycles. The van der Waals surface area contributed by atoms with E-state index in [4.69, 9.17) is 18.9 Å². The Morgan fingerprint density at radius 3 is 2.51 bits per heavy atom. The number of nitrogens with zero attached hydrogens (tertiary/aromatic N) is 3. The summed E-state index contributed by atoms with van der Waals surface area (Å²) >= 11 is 1.23. The Morgan fingerprint density at radius 2 is 1.81 bits per heavy atom. The molecule has 0 amide bonds. The summed E-state index contributed by atoms with van der Waals surface area (Å²) in [6.45, 7) is 3.90. The van der Waals surface area contributed by atoms with Crippen molar-refractivity contribution >= 4 is 23.4 Å². The highest BCUT2D eigenvalue weighted by molar-refractivity contribution is 7.07. The molecule has 1 aliphatic rings. The van der Waals surface area contributed by atoms with Crippen LogP contribution in [0.4, 0.5) is 0 Å². The number of ether oxygens (including phenoxy) is 4. The van der Waals surface area contributed by atoms with Crippen LogP contribution in [-0.2, 0) is 16.1 Å². The molecule has 0 fully saturated rings. The molecule has 3 aromatic carbocycles. The maximum Gasteiger partial charge on any atom is 0.338 e. The van der Waals surface area contributed by atoms with Crippen molar-refractivity contribution in [3.05, 3.63) is 120 Å². The second-order valence-electron chi connectivity index (χ2n) is 9.54. The summed E-state index contributed by atoms with van der Waals surface area (Å²) in [6, 6.07) is 21.2. The van der Waals surface area contributed by atoms with Gasteiger partial charge in [-0.25, -0.2) is 9.79 Å². The van der Waals surface area contributed by atoms with Crippen LogP contribution in [0.3, 0.4) is 0 Å². The third-order valence-corrected chi connectivity index (χ3v) is 7.94. The molecule has 4 aromatic rings. The first kappa shape index (κ1) is 29.4. The number of benzene rings is 3. The third-order valence-electron chi connectivity index (χ3n) is 6.96. The average Bonchev–Trinajstić information content (AvgIpc) is 3.33. The molecule has 10 heteroatoms. The molecular formula is C33H29N3O6S. The Labute approximate surface area is 252 Å². The number of methoxy groups -OCH3 is 2. The van der Waals surface area contributed by atoms with E-state index < -0.39 is 12.0 Å². The molecule has 0 unspecified atom stereocenters. The number of rotatable bonds is 9. The number of allylic oxidation sites excluding steroid dienone is 1. The summed E-state index contributed by atoms with van der Waals surface area (Å²) in [5, 5.41) is 9.31. The number of carbonyl (C=O) groups excluding carboxylic acids is 1. The van der Waals surface area contributed by atoms with E-state index in [0.717, 1.165) is 11.1 Å².